The Bertz CT molecular complexity index is 444. The van der Waals surface area contributed by atoms with Crippen molar-refractivity contribution >= 4 is 5.97 Å². The lowest BCUT2D eigenvalue weighted by Gasteiger charge is -2.12. The topological polar surface area (TPSA) is 26.3 Å². The van der Waals surface area contributed by atoms with Gasteiger partial charge in [-0.05, 0) is 41.2 Å². The Hall–Kier alpha value is -1.31. The zero-order valence-electron chi connectivity index (χ0n) is 9.22. The third-order valence-electron chi connectivity index (χ3n) is 4.84. The highest BCUT2D eigenvalue weighted by Gasteiger charge is 2.69. The Balaban J connectivity index is 1.73. The molecule has 0 amide bonds. The van der Waals surface area contributed by atoms with Gasteiger partial charge in [0.2, 0.25) is 0 Å². The molecule has 1 aromatic rings. The molecule has 2 nitrogen and oxygen atoms in total. The van der Waals surface area contributed by atoms with Crippen LogP contribution < -0.4 is 0 Å². The Labute approximate surface area is 94.6 Å². The first-order valence-electron chi connectivity index (χ1n) is 5.99. The maximum atomic E-state index is 11.6. The summed E-state index contributed by atoms with van der Waals surface area (Å²) in [4.78, 5) is 11.6. The predicted octanol–water partition coefficient (Wildman–Crippen LogP) is 2.31. The van der Waals surface area contributed by atoms with Crippen LogP contribution in [0.5, 0.6) is 0 Å². The molecule has 3 aliphatic carbocycles. The van der Waals surface area contributed by atoms with E-state index in [1.807, 2.05) is 0 Å². The molecule has 0 radical (unpaired) electrons. The first kappa shape index (κ1) is 8.80. The minimum absolute atomic E-state index is 0.0116. The highest BCUT2D eigenvalue weighted by molar-refractivity contribution is 5.78. The van der Waals surface area contributed by atoms with Crippen molar-refractivity contribution < 1.29 is 9.53 Å². The Kier molecular flexibility index (Phi) is 1.47. The van der Waals surface area contributed by atoms with Gasteiger partial charge in [0.25, 0.3) is 0 Å². The molecule has 0 saturated heterocycles. The van der Waals surface area contributed by atoms with E-state index in [4.69, 9.17) is 4.74 Å². The number of carbonyl (C=O) groups is 1. The quantitative estimate of drug-likeness (QED) is 0.670. The summed E-state index contributed by atoms with van der Waals surface area (Å²) in [6.07, 6.45) is 1.27. The molecule has 2 fully saturated rings. The smallest absolute Gasteiger partial charge is 0.309 e. The summed E-state index contributed by atoms with van der Waals surface area (Å²) >= 11 is 0. The normalized spacial score (nSPS) is 41.4. The average Bonchev–Trinajstić information content (AvgIpc) is 2.81. The Morgan fingerprint density at radius 1 is 1.19 bits per heavy atom. The summed E-state index contributed by atoms with van der Waals surface area (Å²) in [6, 6.07) is 8.71. The van der Waals surface area contributed by atoms with Gasteiger partial charge >= 0.3 is 5.97 Å². The molecule has 3 aliphatic rings. The number of fused-ring (bicyclic) bond motifs is 8. The molecular weight excluding hydrogens is 200 g/mol. The second kappa shape index (κ2) is 2.68. The van der Waals surface area contributed by atoms with Crippen molar-refractivity contribution in [2.24, 2.45) is 17.8 Å². The molecule has 4 rings (SSSR count). The van der Waals surface area contributed by atoms with E-state index >= 15 is 0 Å². The number of methoxy groups -OCH3 is 1. The van der Waals surface area contributed by atoms with Gasteiger partial charge in [-0.1, -0.05) is 24.3 Å². The van der Waals surface area contributed by atoms with Gasteiger partial charge in [0.05, 0.1) is 13.0 Å². The van der Waals surface area contributed by atoms with Gasteiger partial charge < -0.3 is 4.74 Å². The van der Waals surface area contributed by atoms with Gasteiger partial charge in [-0.15, -0.1) is 0 Å². The highest BCUT2D eigenvalue weighted by Crippen LogP contribution is 2.74. The molecule has 1 aromatic carbocycles. The van der Waals surface area contributed by atoms with Crippen LogP contribution in [0.2, 0.25) is 0 Å². The van der Waals surface area contributed by atoms with Crippen molar-refractivity contribution in [2.45, 2.75) is 18.3 Å². The Morgan fingerprint density at radius 2 is 1.75 bits per heavy atom. The molecule has 0 N–H and O–H groups in total. The molecule has 16 heavy (non-hydrogen) atoms. The number of carbonyl (C=O) groups excluding carboxylic acids is 1. The van der Waals surface area contributed by atoms with Crippen LogP contribution in [0.3, 0.4) is 0 Å². The van der Waals surface area contributed by atoms with Crippen LogP contribution in [-0.2, 0) is 9.53 Å². The van der Waals surface area contributed by atoms with Crippen molar-refractivity contribution in [1.29, 1.82) is 0 Å². The van der Waals surface area contributed by atoms with Gasteiger partial charge in [-0.2, -0.15) is 0 Å². The number of benzene rings is 1. The van der Waals surface area contributed by atoms with E-state index in [0.29, 0.717) is 23.7 Å². The summed E-state index contributed by atoms with van der Waals surface area (Å²) in [6.45, 7) is 0. The van der Waals surface area contributed by atoms with Crippen LogP contribution >= 0.6 is 0 Å². The first-order valence-corrected chi connectivity index (χ1v) is 5.99. The maximum Gasteiger partial charge on any atom is 0.309 e. The zero-order chi connectivity index (χ0) is 10.9. The monoisotopic (exact) mass is 214 g/mol. The summed E-state index contributed by atoms with van der Waals surface area (Å²) in [5, 5.41) is 0. The minimum atomic E-state index is 0.0116. The van der Waals surface area contributed by atoms with Gasteiger partial charge in [0.1, 0.15) is 0 Å². The third-order valence-corrected chi connectivity index (χ3v) is 4.84. The molecule has 1 unspecified atom stereocenters. The third kappa shape index (κ3) is 0.831. The summed E-state index contributed by atoms with van der Waals surface area (Å²) in [7, 11) is 1.51. The minimum Gasteiger partial charge on any atom is -0.469 e. The van der Waals surface area contributed by atoms with Gasteiger partial charge in [-0.3, -0.25) is 4.79 Å². The summed E-state index contributed by atoms with van der Waals surface area (Å²) < 4.78 is 4.89. The van der Waals surface area contributed by atoms with E-state index in [9.17, 15) is 4.79 Å². The van der Waals surface area contributed by atoms with E-state index in [2.05, 4.69) is 24.3 Å². The molecule has 0 aliphatic heterocycles. The van der Waals surface area contributed by atoms with Crippen LogP contribution in [0.25, 0.3) is 0 Å². The molecule has 2 bridgehead atoms. The summed E-state index contributed by atoms with van der Waals surface area (Å²) in [5.74, 6) is 2.66. The zero-order valence-corrected chi connectivity index (χ0v) is 9.22. The van der Waals surface area contributed by atoms with Crippen molar-refractivity contribution in [1.82, 2.24) is 0 Å². The lowest BCUT2D eigenvalue weighted by atomic mass is 9.92. The van der Waals surface area contributed by atoms with E-state index in [-0.39, 0.29) is 11.9 Å². The number of esters is 1. The Morgan fingerprint density at radius 3 is 2.25 bits per heavy atom. The van der Waals surface area contributed by atoms with Gasteiger partial charge in [0.15, 0.2) is 0 Å². The van der Waals surface area contributed by atoms with Crippen LogP contribution in [0.4, 0.5) is 0 Å². The second-order valence-corrected chi connectivity index (χ2v) is 5.28. The molecule has 5 atom stereocenters. The van der Waals surface area contributed by atoms with Crippen molar-refractivity contribution in [2.75, 3.05) is 7.11 Å². The molecule has 2 saturated carbocycles. The fraction of sp³-hybridized carbons (Fsp3) is 0.500. The molecule has 0 heterocycles. The van der Waals surface area contributed by atoms with E-state index in [1.54, 1.807) is 0 Å². The van der Waals surface area contributed by atoms with Crippen molar-refractivity contribution in [3.05, 3.63) is 35.4 Å². The second-order valence-electron chi connectivity index (χ2n) is 5.28. The number of hydrogen-bond acceptors (Lipinski definition) is 2. The first-order chi connectivity index (χ1) is 7.83. The fourth-order valence-corrected chi connectivity index (χ4v) is 4.29. The predicted molar refractivity (Wildman–Crippen MR) is 59.0 cm³/mol. The number of rotatable bonds is 1. The molecular formula is C14H14O2. The highest BCUT2D eigenvalue weighted by atomic mass is 16.5. The van der Waals surface area contributed by atoms with E-state index in [0.717, 1.165) is 0 Å². The molecule has 0 aromatic heterocycles. The van der Waals surface area contributed by atoms with Gasteiger partial charge in [0, 0.05) is 0 Å². The van der Waals surface area contributed by atoms with Crippen LogP contribution in [-0.4, -0.2) is 13.1 Å². The molecule has 0 spiro atoms. The van der Waals surface area contributed by atoms with Crippen molar-refractivity contribution in [3.8, 4) is 0 Å². The van der Waals surface area contributed by atoms with Crippen LogP contribution in [0, 0.1) is 17.8 Å². The lowest BCUT2D eigenvalue weighted by molar-refractivity contribution is -0.143. The molecule has 82 valence electrons. The van der Waals surface area contributed by atoms with E-state index in [1.165, 1.54) is 24.7 Å². The number of ether oxygens (including phenoxy) is 1. The van der Waals surface area contributed by atoms with Gasteiger partial charge in [-0.25, -0.2) is 0 Å². The van der Waals surface area contributed by atoms with Crippen LogP contribution in [0.1, 0.15) is 29.4 Å². The van der Waals surface area contributed by atoms with Crippen molar-refractivity contribution in [3.63, 3.8) is 0 Å². The number of hydrogen-bond donors (Lipinski definition) is 0. The standard InChI is InChI=1S/C14H14O2/c1-16-14(15)13-11-9-6-10(12(11)13)8-5-3-2-4-7(8)9/h2-5,9-13H,6H2,1H3/t9-,10+,11-,12+,13?. The SMILES string of the molecule is COC(=O)C1[C@@H]2[C@H]1[C@@H]1C[C@H]2c2ccccc21. The average molecular weight is 214 g/mol. The summed E-state index contributed by atoms with van der Waals surface area (Å²) in [5.41, 5.74) is 3.00. The lowest BCUT2D eigenvalue weighted by Crippen LogP contribution is -2.09. The molecule has 2 heteroatoms. The fourth-order valence-electron chi connectivity index (χ4n) is 4.29. The van der Waals surface area contributed by atoms with E-state index < -0.39 is 0 Å². The largest absolute Gasteiger partial charge is 0.469 e. The maximum absolute atomic E-state index is 11.6. The van der Waals surface area contributed by atoms with Crippen LogP contribution in [0.15, 0.2) is 24.3 Å².